The van der Waals surface area contributed by atoms with Gasteiger partial charge in [0.25, 0.3) is 0 Å². The van der Waals surface area contributed by atoms with Gasteiger partial charge in [-0.1, -0.05) is 188 Å². The predicted molar refractivity (Wildman–Crippen MR) is 264 cm³/mol. The van der Waals surface area contributed by atoms with Crippen LogP contribution in [0.1, 0.15) is 0 Å². The standard InChI is InChI=1S/C58H38N4Si/c1-5-20-39(21-6-1)57-59-55(54-48-32-15-18-35-52(48)63(58(54)60-57,43-26-9-3-10-27-43)44-28-11-4-12-29-44)40-22-19-25-42(38-40)62-49-33-16-13-30-45(49)46-36-37-51-53(56(46)62)47-31-14-17-34-50(47)61(51)41-23-7-2-8-24-41/h1-38H. The van der Waals surface area contributed by atoms with Crippen LogP contribution in [0.25, 0.3) is 88.8 Å². The van der Waals surface area contributed by atoms with Gasteiger partial charge >= 0.3 is 0 Å². The first-order valence-corrected chi connectivity index (χ1v) is 23.6. The van der Waals surface area contributed by atoms with Crippen molar-refractivity contribution in [3.63, 3.8) is 0 Å². The third-order valence-corrected chi connectivity index (χ3v) is 17.9. The smallest absolute Gasteiger partial charge is 0.203 e. The lowest BCUT2D eigenvalue weighted by molar-refractivity contribution is 1.17. The average molecular weight is 819 g/mol. The lowest BCUT2D eigenvalue weighted by Gasteiger charge is -2.30. The minimum atomic E-state index is -2.93. The highest BCUT2D eigenvalue weighted by molar-refractivity contribution is 7.21. The largest absolute Gasteiger partial charge is 0.309 e. The first kappa shape index (κ1) is 35.6. The molecule has 0 radical (unpaired) electrons. The maximum Gasteiger partial charge on any atom is 0.203 e. The van der Waals surface area contributed by atoms with E-state index in [2.05, 4.69) is 240 Å². The van der Waals surface area contributed by atoms with Gasteiger partial charge in [0, 0.05) is 49.6 Å². The Morgan fingerprint density at radius 2 is 0.952 bits per heavy atom. The average Bonchev–Trinajstić information content (AvgIpc) is 3.99. The van der Waals surface area contributed by atoms with Crippen molar-refractivity contribution in [1.29, 1.82) is 0 Å². The van der Waals surface area contributed by atoms with E-state index in [1.54, 1.807) is 0 Å². The van der Waals surface area contributed by atoms with E-state index in [1.165, 1.54) is 59.2 Å². The molecule has 0 N–H and O–H groups in total. The van der Waals surface area contributed by atoms with Crippen LogP contribution in [0.3, 0.4) is 0 Å². The SMILES string of the molecule is c1ccc(-c2nc(-c3cccc(-n4c5ccccc5c5ccc6c(c7ccccc7n6-c6ccccc6)c54)c3)c3c(n2)[Si](c2ccccc2)(c2ccccc2)c2ccccc2-3)cc1. The number of hydrogen-bond acceptors (Lipinski definition) is 2. The molecule has 0 saturated carbocycles. The van der Waals surface area contributed by atoms with Crippen molar-refractivity contribution >= 4 is 72.6 Å². The Kier molecular flexibility index (Phi) is 7.89. The third kappa shape index (κ3) is 5.14. The van der Waals surface area contributed by atoms with Crippen LogP contribution in [0.4, 0.5) is 0 Å². The predicted octanol–water partition coefficient (Wildman–Crippen LogP) is 11.4. The third-order valence-electron chi connectivity index (χ3n) is 13.2. The van der Waals surface area contributed by atoms with Crippen LogP contribution in [-0.2, 0) is 0 Å². The minimum Gasteiger partial charge on any atom is -0.309 e. The quantitative estimate of drug-likeness (QED) is 0.157. The van der Waals surface area contributed by atoms with Gasteiger partial charge in [0.2, 0.25) is 8.07 Å². The molecule has 3 aromatic heterocycles. The summed E-state index contributed by atoms with van der Waals surface area (Å²) in [7, 11) is -2.93. The minimum absolute atomic E-state index is 0.735. The number of para-hydroxylation sites is 3. The summed E-state index contributed by atoms with van der Waals surface area (Å²) in [5.74, 6) is 0.735. The summed E-state index contributed by atoms with van der Waals surface area (Å²) in [6, 6.07) is 83.7. The van der Waals surface area contributed by atoms with E-state index >= 15 is 0 Å². The fourth-order valence-corrected chi connectivity index (χ4v) is 15.6. The van der Waals surface area contributed by atoms with Gasteiger partial charge in [0.1, 0.15) is 0 Å². The lowest BCUT2D eigenvalue weighted by Crippen LogP contribution is -2.73. The molecule has 0 fully saturated rings. The van der Waals surface area contributed by atoms with E-state index in [1.807, 2.05) is 0 Å². The molecule has 0 amide bonds. The van der Waals surface area contributed by atoms with Crippen LogP contribution in [0.5, 0.6) is 0 Å². The van der Waals surface area contributed by atoms with Gasteiger partial charge in [0.05, 0.1) is 33.1 Å². The molecule has 0 saturated heterocycles. The zero-order chi connectivity index (χ0) is 41.5. The van der Waals surface area contributed by atoms with Gasteiger partial charge in [-0.3, -0.25) is 0 Å². The van der Waals surface area contributed by atoms with Crippen LogP contribution in [-0.4, -0.2) is 27.2 Å². The summed E-state index contributed by atoms with van der Waals surface area (Å²) in [5, 5.41) is 10.00. The maximum absolute atomic E-state index is 5.72. The maximum atomic E-state index is 5.72. The molecule has 63 heavy (non-hydrogen) atoms. The van der Waals surface area contributed by atoms with Gasteiger partial charge in [-0.05, 0) is 63.6 Å². The highest BCUT2D eigenvalue weighted by atomic mass is 28.3. The zero-order valence-corrected chi connectivity index (χ0v) is 35.2. The number of aromatic nitrogens is 4. The Labute approximate surface area is 365 Å². The molecule has 1 aliphatic heterocycles. The van der Waals surface area contributed by atoms with E-state index in [0.717, 1.165) is 50.4 Å². The van der Waals surface area contributed by atoms with E-state index in [4.69, 9.17) is 9.97 Å². The van der Waals surface area contributed by atoms with Crippen LogP contribution in [0.2, 0.25) is 0 Å². The Bertz CT molecular complexity index is 3690. The Hall–Kier alpha value is -8.12. The summed E-state index contributed by atoms with van der Waals surface area (Å²) in [4.78, 5) is 11.3. The summed E-state index contributed by atoms with van der Waals surface area (Å²) < 4.78 is 4.89. The molecule has 0 aliphatic carbocycles. The number of nitrogens with zero attached hydrogens (tertiary/aromatic N) is 4. The van der Waals surface area contributed by atoms with Crippen molar-refractivity contribution in [2.45, 2.75) is 0 Å². The van der Waals surface area contributed by atoms with E-state index in [9.17, 15) is 0 Å². The molecule has 9 aromatic carbocycles. The normalized spacial score (nSPS) is 12.9. The molecule has 0 spiro atoms. The van der Waals surface area contributed by atoms with Crippen LogP contribution in [0.15, 0.2) is 231 Å². The number of hydrogen-bond donors (Lipinski definition) is 0. The second-order valence-electron chi connectivity index (χ2n) is 16.5. The van der Waals surface area contributed by atoms with Crippen molar-refractivity contribution < 1.29 is 0 Å². The summed E-state index contributed by atoms with van der Waals surface area (Å²) in [5.41, 5.74) is 12.3. The van der Waals surface area contributed by atoms with Gasteiger partial charge in [-0.15, -0.1) is 0 Å². The molecule has 5 heteroatoms. The molecule has 294 valence electrons. The molecule has 0 atom stereocenters. The Balaban J connectivity index is 1.13. The zero-order valence-electron chi connectivity index (χ0n) is 34.2. The van der Waals surface area contributed by atoms with Gasteiger partial charge in [-0.2, -0.15) is 0 Å². The fraction of sp³-hybridized carbons (Fsp3) is 0. The van der Waals surface area contributed by atoms with Crippen molar-refractivity contribution in [2.75, 3.05) is 0 Å². The molecule has 0 bridgehead atoms. The monoisotopic (exact) mass is 818 g/mol. The molecule has 1 aliphatic rings. The number of rotatable bonds is 6. The Morgan fingerprint density at radius 3 is 1.68 bits per heavy atom. The number of benzene rings is 9. The molecule has 0 unspecified atom stereocenters. The van der Waals surface area contributed by atoms with Crippen molar-refractivity contribution in [3.05, 3.63) is 231 Å². The summed E-state index contributed by atoms with van der Waals surface area (Å²) in [6.45, 7) is 0. The molecule has 13 rings (SSSR count). The van der Waals surface area contributed by atoms with Crippen LogP contribution >= 0.6 is 0 Å². The fourth-order valence-electron chi connectivity index (χ4n) is 10.6. The molecule has 4 heterocycles. The number of fused-ring (bicyclic) bond motifs is 10. The van der Waals surface area contributed by atoms with E-state index < -0.39 is 8.07 Å². The first-order valence-electron chi connectivity index (χ1n) is 21.6. The second-order valence-corrected chi connectivity index (χ2v) is 20.1. The van der Waals surface area contributed by atoms with Gasteiger partial charge < -0.3 is 9.13 Å². The van der Waals surface area contributed by atoms with Crippen molar-refractivity contribution in [3.8, 4) is 45.1 Å². The van der Waals surface area contributed by atoms with Crippen LogP contribution in [0, 0.1) is 0 Å². The van der Waals surface area contributed by atoms with Crippen molar-refractivity contribution in [2.24, 2.45) is 0 Å². The highest BCUT2D eigenvalue weighted by Crippen LogP contribution is 2.43. The molecular weight excluding hydrogens is 781 g/mol. The van der Waals surface area contributed by atoms with E-state index in [0.29, 0.717) is 0 Å². The summed E-state index contributed by atoms with van der Waals surface area (Å²) >= 11 is 0. The Morgan fingerprint density at radius 1 is 0.381 bits per heavy atom. The lowest BCUT2D eigenvalue weighted by atomic mass is 10.00. The topological polar surface area (TPSA) is 35.6 Å². The highest BCUT2D eigenvalue weighted by Gasteiger charge is 2.51. The van der Waals surface area contributed by atoms with Gasteiger partial charge in [0.15, 0.2) is 5.82 Å². The first-order chi connectivity index (χ1) is 31.3. The van der Waals surface area contributed by atoms with Gasteiger partial charge in [-0.25, -0.2) is 9.97 Å². The van der Waals surface area contributed by atoms with E-state index in [-0.39, 0.29) is 0 Å². The molecule has 12 aromatic rings. The van der Waals surface area contributed by atoms with Crippen LogP contribution < -0.4 is 20.9 Å². The molecule has 4 nitrogen and oxygen atoms in total. The molecular formula is C58H38N4Si. The second kappa shape index (κ2) is 14.0. The summed E-state index contributed by atoms with van der Waals surface area (Å²) in [6.07, 6.45) is 0. The van der Waals surface area contributed by atoms with Crippen molar-refractivity contribution in [1.82, 2.24) is 19.1 Å².